The van der Waals surface area contributed by atoms with Gasteiger partial charge in [0.1, 0.15) is 11.9 Å². The Morgan fingerprint density at radius 3 is 2.48 bits per heavy atom. The van der Waals surface area contributed by atoms with Crippen molar-refractivity contribution in [2.75, 3.05) is 18.7 Å². The quantitative estimate of drug-likeness (QED) is 0.876. The highest BCUT2D eigenvalue weighted by atomic mass is 16.5. The summed E-state index contributed by atoms with van der Waals surface area (Å²) in [4.78, 5) is 12.7. The Hall–Kier alpha value is -3.08. The van der Waals surface area contributed by atoms with Crippen LogP contribution in [0.4, 0.5) is 10.5 Å². The van der Waals surface area contributed by atoms with Crippen LogP contribution in [0.15, 0.2) is 54.6 Å². The lowest BCUT2D eigenvalue weighted by Crippen LogP contribution is -2.65. The van der Waals surface area contributed by atoms with Gasteiger partial charge in [0, 0.05) is 0 Å². The van der Waals surface area contributed by atoms with E-state index in [9.17, 15) is 4.79 Å². The fourth-order valence-electron chi connectivity index (χ4n) is 2.57. The maximum atomic E-state index is 12.7. The summed E-state index contributed by atoms with van der Waals surface area (Å²) in [5, 5.41) is 11.8. The highest BCUT2D eigenvalue weighted by Gasteiger charge is 2.32. The fourth-order valence-corrected chi connectivity index (χ4v) is 2.57. The number of ether oxygens (including phenoxy) is 1. The summed E-state index contributed by atoms with van der Waals surface area (Å²) < 4.78 is 5.19. The average molecular weight is 337 g/mol. The average Bonchev–Trinajstić information content (AvgIpc) is 2.68. The monoisotopic (exact) mass is 337 g/mol. The SMILES string of the molecule is COc1ccc(C2NN(CCC#N)C(=O)N(c3ccccc3)N2)cc1. The van der Waals surface area contributed by atoms with Gasteiger partial charge in [-0.05, 0) is 29.8 Å². The van der Waals surface area contributed by atoms with Crippen LogP contribution in [-0.4, -0.2) is 24.7 Å². The maximum absolute atomic E-state index is 12.7. The van der Waals surface area contributed by atoms with Crippen molar-refractivity contribution in [2.24, 2.45) is 0 Å². The number of para-hydroxylation sites is 1. The van der Waals surface area contributed by atoms with Gasteiger partial charge in [0.25, 0.3) is 0 Å². The number of nitriles is 1. The van der Waals surface area contributed by atoms with Crippen LogP contribution < -0.4 is 20.6 Å². The molecule has 2 N–H and O–H groups in total. The van der Waals surface area contributed by atoms with Crippen molar-refractivity contribution in [1.29, 1.82) is 5.26 Å². The summed E-state index contributed by atoms with van der Waals surface area (Å²) in [7, 11) is 1.62. The number of carbonyl (C=O) groups is 1. The van der Waals surface area contributed by atoms with Gasteiger partial charge in [0.2, 0.25) is 0 Å². The predicted octanol–water partition coefficient (Wildman–Crippen LogP) is 2.56. The smallest absolute Gasteiger partial charge is 0.353 e. The van der Waals surface area contributed by atoms with Crippen LogP contribution >= 0.6 is 0 Å². The van der Waals surface area contributed by atoms with E-state index in [1.807, 2.05) is 54.6 Å². The third kappa shape index (κ3) is 3.71. The Bertz CT molecular complexity index is 757. The second-order valence-electron chi connectivity index (χ2n) is 5.48. The van der Waals surface area contributed by atoms with Crippen LogP contribution in [0.5, 0.6) is 5.75 Å². The number of methoxy groups -OCH3 is 1. The predicted molar refractivity (Wildman–Crippen MR) is 93.3 cm³/mol. The molecule has 1 unspecified atom stereocenters. The van der Waals surface area contributed by atoms with Crippen molar-refractivity contribution in [3.63, 3.8) is 0 Å². The van der Waals surface area contributed by atoms with Gasteiger partial charge in [0.05, 0.1) is 31.8 Å². The number of nitrogens with one attached hydrogen (secondary N) is 2. The van der Waals surface area contributed by atoms with Crippen molar-refractivity contribution < 1.29 is 9.53 Å². The first-order chi connectivity index (χ1) is 12.2. The van der Waals surface area contributed by atoms with E-state index in [4.69, 9.17) is 10.00 Å². The summed E-state index contributed by atoms with van der Waals surface area (Å²) in [5.74, 6) is 0.761. The highest BCUT2D eigenvalue weighted by molar-refractivity contribution is 5.91. The molecule has 25 heavy (non-hydrogen) atoms. The first-order valence-corrected chi connectivity index (χ1v) is 7.93. The van der Waals surface area contributed by atoms with Crippen LogP contribution in [0.1, 0.15) is 18.2 Å². The standard InChI is InChI=1S/C18H19N5O2/c1-25-16-10-8-14(9-11-16)17-20-22(13-5-12-19)18(24)23(21-17)15-6-3-2-4-7-15/h2-4,6-11,17,20-21H,5,13H2,1H3. The Labute approximate surface area is 146 Å². The molecule has 3 rings (SSSR count). The van der Waals surface area contributed by atoms with Crippen LogP contribution in [0.3, 0.4) is 0 Å². The fraction of sp³-hybridized carbons (Fsp3) is 0.222. The number of urea groups is 1. The van der Waals surface area contributed by atoms with E-state index < -0.39 is 0 Å². The van der Waals surface area contributed by atoms with Gasteiger partial charge in [0.15, 0.2) is 0 Å². The maximum Gasteiger partial charge on any atom is 0.353 e. The molecule has 2 aromatic rings. The van der Waals surface area contributed by atoms with E-state index in [1.165, 1.54) is 10.0 Å². The molecule has 2 aromatic carbocycles. The van der Waals surface area contributed by atoms with Crippen LogP contribution in [-0.2, 0) is 0 Å². The highest BCUT2D eigenvalue weighted by Crippen LogP contribution is 2.23. The van der Waals surface area contributed by atoms with Gasteiger partial charge in [-0.3, -0.25) is 5.01 Å². The molecule has 1 aliphatic rings. The number of anilines is 1. The number of amides is 2. The third-order valence-electron chi connectivity index (χ3n) is 3.88. The molecule has 0 aromatic heterocycles. The molecule has 1 atom stereocenters. The van der Waals surface area contributed by atoms with Crippen molar-refractivity contribution in [2.45, 2.75) is 12.6 Å². The number of hydrogen-bond donors (Lipinski definition) is 2. The van der Waals surface area contributed by atoms with Crippen LogP contribution in [0.2, 0.25) is 0 Å². The molecule has 1 heterocycles. The van der Waals surface area contributed by atoms with Crippen LogP contribution in [0.25, 0.3) is 0 Å². The largest absolute Gasteiger partial charge is 0.497 e. The molecule has 0 bridgehead atoms. The molecule has 0 spiro atoms. The Morgan fingerprint density at radius 2 is 1.84 bits per heavy atom. The summed E-state index contributed by atoms with van der Waals surface area (Å²) in [6.45, 7) is 0.299. The molecule has 1 fully saturated rings. The molecule has 1 saturated heterocycles. The lowest BCUT2D eigenvalue weighted by atomic mass is 10.1. The summed E-state index contributed by atoms with van der Waals surface area (Å²) in [6, 6.07) is 18.7. The number of hydrazine groups is 2. The van der Waals surface area contributed by atoms with E-state index in [-0.39, 0.29) is 18.6 Å². The van der Waals surface area contributed by atoms with Gasteiger partial charge in [-0.1, -0.05) is 30.3 Å². The lowest BCUT2D eigenvalue weighted by molar-refractivity contribution is 0.126. The van der Waals surface area contributed by atoms with Crippen molar-refractivity contribution >= 4 is 11.7 Å². The Balaban J connectivity index is 1.88. The van der Waals surface area contributed by atoms with Crippen molar-refractivity contribution in [1.82, 2.24) is 15.9 Å². The minimum absolute atomic E-state index is 0.247. The van der Waals surface area contributed by atoms with Gasteiger partial charge in [-0.25, -0.2) is 20.7 Å². The van der Waals surface area contributed by atoms with E-state index in [0.29, 0.717) is 6.54 Å². The minimum Gasteiger partial charge on any atom is -0.497 e. The third-order valence-corrected chi connectivity index (χ3v) is 3.88. The molecular formula is C18H19N5O2. The lowest BCUT2D eigenvalue weighted by Gasteiger charge is -2.41. The summed E-state index contributed by atoms with van der Waals surface area (Å²) in [5.41, 5.74) is 7.99. The number of carbonyl (C=O) groups excluding carboxylic acids is 1. The minimum atomic E-state index is -0.317. The zero-order chi connectivity index (χ0) is 17.6. The zero-order valence-electron chi connectivity index (χ0n) is 13.8. The van der Waals surface area contributed by atoms with Gasteiger partial charge >= 0.3 is 6.03 Å². The molecule has 128 valence electrons. The van der Waals surface area contributed by atoms with E-state index in [1.54, 1.807) is 7.11 Å². The second kappa shape index (κ2) is 7.66. The molecule has 7 nitrogen and oxygen atoms in total. The Kier molecular flexibility index (Phi) is 5.14. The molecule has 7 heteroatoms. The first-order valence-electron chi connectivity index (χ1n) is 7.93. The normalized spacial score (nSPS) is 17.3. The molecular weight excluding hydrogens is 318 g/mol. The number of hydrogen-bond acceptors (Lipinski definition) is 5. The van der Waals surface area contributed by atoms with E-state index >= 15 is 0 Å². The summed E-state index contributed by atoms with van der Waals surface area (Å²) in [6.07, 6.45) is -0.0704. The number of rotatable bonds is 5. The second-order valence-corrected chi connectivity index (χ2v) is 5.48. The number of benzene rings is 2. The van der Waals surface area contributed by atoms with Crippen LogP contribution in [0, 0.1) is 11.3 Å². The van der Waals surface area contributed by atoms with Crippen molar-refractivity contribution in [3.05, 3.63) is 60.2 Å². The molecule has 0 saturated carbocycles. The molecule has 0 radical (unpaired) electrons. The van der Waals surface area contributed by atoms with Gasteiger partial charge in [-0.15, -0.1) is 0 Å². The molecule has 2 amide bonds. The first kappa shape index (κ1) is 16.8. The molecule has 1 aliphatic heterocycles. The van der Waals surface area contributed by atoms with E-state index in [0.717, 1.165) is 17.0 Å². The molecule has 0 aliphatic carbocycles. The zero-order valence-corrected chi connectivity index (χ0v) is 13.8. The summed E-state index contributed by atoms with van der Waals surface area (Å²) >= 11 is 0. The Morgan fingerprint density at radius 1 is 1.12 bits per heavy atom. The topological polar surface area (TPSA) is 80.6 Å². The van der Waals surface area contributed by atoms with Gasteiger partial charge in [-0.2, -0.15) is 5.26 Å². The van der Waals surface area contributed by atoms with E-state index in [2.05, 4.69) is 16.9 Å². The van der Waals surface area contributed by atoms with Crippen molar-refractivity contribution in [3.8, 4) is 11.8 Å². The number of nitrogens with zero attached hydrogens (tertiary/aromatic N) is 3. The van der Waals surface area contributed by atoms with Gasteiger partial charge < -0.3 is 4.74 Å².